The number of piperidine rings is 1. The molecule has 0 amide bonds. The number of hydrogen-bond acceptors (Lipinski definition) is 6. The SMILES string of the molecule is COc1cc(NC2CCN(CCc3ccccn3)CC2)ncn1. The molecule has 0 bridgehead atoms. The number of hydrogen-bond donors (Lipinski definition) is 1. The summed E-state index contributed by atoms with van der Waals surface area (Å²) in [6.45, 7) is 3.28. The summed E-state index contributed by atoms with van der Waals surface area (Å²) in [4.78, 5) is 15.2. The van der Waals surface area contributed by atoms with Gasteiger partial charge in [0.25, 0.3) is 0 Å². The van der Waals surface area contributed by atoms with Crippen molar-refractivity contribution in [2.24, 2.45) is 0 Å². The number of nitrogens with zero attached hydrogens (tertiary/aromatic N) is 4. The number of likely N-dealkylation sites (tertiary alicyclic amines) is 1. The third-order valence-corrected chi connectivity index (χ3v) is 4.20. The molecule has 0 unspecified atom stereocenters. The van der Waals surface area contributed by atoms with Crippen LogP contribution in [0, 0.1) is 0 Å². The lowest BCUT2D eigenvalue weighted by Crippen LogP contribution is -2.40. The Labute approximate surface area is 136 Å². The average molecular weight is 313 g/mol. The normalized spacial score (nSPS) is 16.2. The highest BCUT2D eigenvalue weighted by atomic mass is 16.5. The molecule has 2 aromatic heterocycles. The number of rotatable bonds is 6. The third-order valence-electron chi connectivity index (χ3n) is 4.20. The van der Waals surface area contributed by atoms with Crippen LogP contribution in [-0.2, 0) is 6.42 Å². The van der Waals surface area contributed by atoms with E-state index in [9.17, 15) is 0 Å². The summed E-state index contributed by atoms with van der Waals surface area (Å²) in [6.07, 6.45) is 6.65. The number of pyridine rings is 1. The molecule has 23 heavy (non-hydrogen) atoms. The van der Waals surface area contributed by atoms with Crippen molar-refractivity contribution in [1.29, 1.82) is 0 Å². The second kappa shape index (κ2) is 7.87. The first-order chi connectivity index (χ1) is 11.3. The molecular formula is C17H23N5O. The Morgan fingerprint density at radius 3 is 2.83 bits per heavy atom. The zero-order valence-electron chi connectivity index (χ0n) is 13.5. The van der Waals surface area contributed by atoms with Gasteiger partial charge in [0.05, 0.1) is 7.11 Å². The van der Waals surface area contributed by atoms with Gasteiger partial charge in [0.15, 0.2) is 0 Å². The zero-order valence-corrected chi connectivity index (χ0v) is 13.5. The molecule has 1 aliphatic heterocycles. The second-order valence-electron chi connectivity index (χ2n) is 5.78. The molecule has 0 spiro atoms. The highest BCUT2D eigenvalue weighted by molar-refractivity contribution is 5.38. The van der Waals surface area contributed by atoms with E-state index in [1.807, 2.05) is 18.3 Å². The summed E-state index contributed by atoms with van der Waals surface area (Å²) in [5.41, 5.74) is 1.17. The number of methoxy groups -OCH3 is 1. The van der Waals surface area contributed by atoms with E-state index in [4.69, 9.17) is 4.74 Å². The van der Waals surface area contributed by atoms with Gasteiger partial charge in [-0.3, -0.25) is 4.98 Å². The quantitative estimate of drug-likeness (QED) is 0.880. The molecule has 3 rings (SSSR count). The van der Waals surface area contributed by atoms with Gasteiger partial charge in [-0.1, -0.05) is 6.07 Å². The maximum absolute atomic E-state index is 5.13. The van der Waals surface area contributed by atoms with Crippen molar-refractivity contribution in [1.82, 2.24) is 19.9 Å². The summed E-state index contributed by atoms with van der Waals surface area (Å²) in [5.74, 6) is 1.43. The molecule has 6 nitrogen and oxygen atoms in total. The van der Waals surface area contributed by atoms with E-state index in [0.29, 0.717) is 11.9 Å². The third kappa shape index (κ3) is 4.63. The fourth-order valence-corrected chi connectivity index (χ4v) is 2.86. The van der Waals surface area contributed by atoms with Crippen LogP contribution in [0.4, 0.5) is 5.82 Å². The molecule has 122 valence electrons. The predicted molar refractivity (Wildman–Crippen MR) is 89.6 cm³/mol. The first kappa shape index (κ1) is 15.7. The molecule has 0 aromatic carbocycles. The van der Waals surface area contributed by atoms with Gasteiger partial charge >= 0.3 is 0 Å². The van der Waals surface area contributed by atoms with Gasteiger partial charge in [0.1, 0.15) is 12.1 Å². The molecule has 0 atom stereocenters. The van der Waals surface area contributed by atoms with Gasteiger partial charge < -0.3 is 15.0 Å². The molecule has 1 fully saturated rings. The fraction of sp³-hybridized carbons (Fsp3) is 0.471. The van der Waals surface area contributed by atoms with Crippen LogP contribution in [0.15, 0.2) is 36.8 Å². The van der Waals surface area contributed by atoms with Gasteiger partial charge in [0, 0.05) is 50.1 Å². The summed E-state index contributed by atoms with van der Waals surface area (Å²) in [7, 11) is 1.62. The Hall–Kier alpha value is -2.21. The van der Waals surface area contributed by atoms with Gasteiger partial charge in [-0.2, -0.15) is 0 Å². The predicted octanol–water partition coefficient (Wildman–Crippen LogP) is 2.00. The lowest BCUT2D eigenvalue weighted by Gasteiger charge is -2.32. The van der Waals surface area contributed by atoms with E-state index in [2.05, 4.69) is 37.3 Å². The molecule has 6 heteroatoms. The average Bonchev–Trinajstić information content (AvgIpc) is 2.62. The summed E-state index contributed by atoms with van der Waals surface area (Å²) < 4.78 is 5.13. The standard InChI is InChI=1S/C17H23N5O/c1-23-17-12-16(19-13-20-17)21-15-6-10-22(11-7-15)9-5-14-4-2-3-8-18-14/h2-4,8,12-13,15H,5-7,9-11H2,1H3,(H,19,20,21). The minimum Gasteiger partial charge on any atom is -0.481 e. The lowest BCUT2D eigenvalue weighted by atomic mass is 10.0. The Morgan fingerprint density at radius 2 is 2.09 bits per heavy atom. The van der Waals surface area contributed by atoms with Crippen LogP contribution in [0.25, 0.3) is 0 Å². The first-order valence-electron chi connectivity index (χ1n) is 8.08. The molecule has 3 heterocycles. The summed E-state index contributed by atoms with van der Waals surface area (Å²) in [5, 5.41) is 3.48. The Kier molecular flexibility index (Phi) is 5.37. The minimum absolute atomic E-state index is 0.459. The van der Waals surface area contributed by atoms with Gasteiger partial charge in [-0.25, -0.2) is 9.97 Å². The van der Waals surface area contributed by atoms with Crippen LogP contribution >= 0.6 is 0 Å². The topological polar surface area (TPSA) is 63.2 Å². The second-order valence-corrected chi connectivity index (χ2v) is 5.78. The molecule has 0 saturated carbocycles. The Morgan fingerprint density at radius 1 is 1.22 bits per heavy atom. The van der Waals surface area contributed by atoms with Crippen molar-refractivity contribution in [2.45, 2.75) is 25.3 Å². The lowest BCUT2D eigenvalue weighted by molar-refractivity contribution is 0.221. The van der Waals surface area contributed by atoms with Crippen molar-refractivity contribution in [3.8, 4) is 5.88 Å². The van der Waals surface area contributed by atoms with Crippen LogP contribution < -0.4 is 10.1 Å². The van der Waals surface area contributed by atoms with Crippen LogP contribution in [-0.4, -0.2) is 52.6 Å². The maximum atomic E-state index is 5.13. The monoisotopic (exact) mass is 313 g/mol. The van der Waals surface area contributed by atoms with Crippen LogP contribution in [0.1, 0.15) is 18.5 Å². The van der Waals surface area contributed by atoms with E-state index in [0.717, 1.165) is 44.7 Å². The van der Waals surface area contributed by atoms with Gasteiger partial charge in [-0.15, -0.1) is 0 Å². The van der Waals surface area contributed by atoms with Gasteiger partial charge in [0.2, 0.25) is 5.88 Å². The summed E-state index contributed by atoms with van der Waals surface area (Å²) >= 11 is 0. The molecule has 1 N–H and O–H groups in total. The smallest absolute Gasteiger partial charge is 0.218 e. The summed E-state index contributed by atoms with van der Waals surface area (Å²) in [6, 6.07) is 8.40. The highest BCUT2D eigenvalue weighted by Crippen LogP contribution is 2.17. The van der Waals surface area contributed by atoms with E-state index in [1.165, 1.54) is 12.0 Å². The first-order valence-corrected chi connectivity index (χ1v) is 8.08. The van der Waals surface area contributed by atoms with E-state index >= 15 is 0 Å². The number of aromatic nitrogens is 3. The molecule has 2 aromatic rings. The Bertz CT molecular complexity index is 599. The maximum Gasteiger partial charge on any atom is 0.218 e. The van der Waals surface area contributed by atoms with Crippen LogP contribution in [0.5, 0.6) is 5.88 Å². The Balaban J connectivity index is 1.43. The molecule has 0 radical (unpaired) electrons. The molecule has 0 aliphatic carbocycles. The molecule has 1 aliphatic rings. The fourth-order valence-electron chi connectivity index (χ4n) is 2.86. The van der Waals surface area contributed by atoms with Crippen LogP contribution in [0.3, 0.4) is 0 Å². The molecule has 1 saturated heterocycles. The van der Waals surface area contributed by atoms with Crippen molar-refractivity contribution < 1.29 is 4.74 Å². The van der Waals surface area contributed by atoms with E-state index in [1.54, 1.807) is 7.11 Å². The number of nitrogens with one attached hydrogen (secondary N) is 1. The van der Waals surface area contributed by atoms with Crippen molar-refractivity contribution >= 4 is 5.82 Å². The number of anilines is 1. The largest absolute Gasteiger partial charge is 0.481 e. The van der Waals surface area contributed by atoms with Gasteiger partial charge in [-0.05, 0) is 25.0 Å². The highest BCUT2D eigenvalue weighted by Gasteiger charge is 2.19. The van der Waals surface area contributed by atoms with Crippen LogP contribution in [0.2, 0.25) is 0 Å². The van der Waals surface area contributed by atoms with E-state index < -0.39 is 0 Å². The van der Waals surface area contributed by atoms with E-state index in [-0.39, 0.29) is 0 Å². The minimum atomic E-state index is 0.459. The van der Waals surface area contributed by atoms with Crippen molar-refractivity contribution in [3.05, 3.63) is 42.5 Å². The zero-order chi connectivity index (χ0) is 15.9. The number of ether oxygens (including phenoxy) is 1. The van der Waals surface area contributed by atoms with Crippen molar-refractivity contribution in [3.63, 3.8) is 0 Å². The van der Waals surface area contributed by atoms with Crippen molar-refractivity contribution in [2.75, 3.05) is 32.1 Å². The molecular weight excluding hydrogens is 290 g/mol.